The Bertz CT molecular complexity index is 938. The molecule has 1 heterocycles. The molecule has 2 rings (SSSR count). The number of nitrogens with two attached hydrogens (primary N) is 1. The van der Waals surface area contributed by atoms with E-state index in [1.54, 1.807) is 18.7 Å². The van der Waals surface area contributed by atoms with Gasteiger partial charge in [0.2, 0.25) is 11.8 Å². The molecule has 0 aliphatic carbocycles. The lowest BCUT2D eigenvalue weighted by Gasteiger charge is -2.37. The number of hydrogen-bond donors (Lipinski definition) is 3. The SMILES string of the molecule is CCCCNC(=O)[C@H](C)C[C@H](O)[C@@H](N)CC(C)(C)CC(=O)N1C[C@H](C(=O)OCC)Cc2cc(Br)ccc21. The van der Waals surface area contributed by atoms with Gasteiger partial charge in [-0.15, -0.1) is 0 Å². The van der Waals surface area contributed by atoms with Gasteiger partial charge in [0.1, 0.15) is 0 Å². The summed E-state index contributed by atoms with van der Waals surface area (Å²) in [5.74, 6) is -1.27. The fraction of sp³-hybridized carbons (Fsp3) is 0.679. The van der Waals surface area contributed by atoms with Crippen LogP contribution in [0.2, 0.25) is 0 Å². The van der Waals surface area contributed by atoms with E-state index in [1.807, 2.05) is 32.0 Å². The molecule has 0 spiro atoms. The number of fused-ring (bicyclic) bond motifs is 1. The Labute approximate surface area is 229 Å². The molecule has 4 atom stereocenters. The van der Waals surface area contributed by atoms with Crippen LogP contribution < -0.4 is 16.0 Å². The molecular formula is C28H44BrN3O5. The highest BCUT2D eigenvalue weighted by molar-refractivity contribution is 9.10. The number of ether oxygens (including phenoxy) is 1. The van der Waals surface area contributed by atoms with E-state index in [9.17, 15) is 19.5 Å². The monoisotopic (exact) mass is 581 g/mol. The number of unbranched alkanes of at least 4 members (excludes halogenated alkanes) is 1. The van der Waals surface area contributed by atoms with Crippen molar-refractivity contribution in [3.8, 4) is 0 Å². The van der Waals surface area contributed by atoms with Crippen LogP contribution in [0.1, 0.15) is 72.3 Å². The lowest BCUT2D eigenvalue weighted by atomic mass is 9.79. The van der Waals surface area contributed by atoms with Gasteiger partial charge < -0.3 is 25.8 Å². The first-order chi connectivity index (χ1) is 17.4. The zero-order valence-electron chi connectivity index (χ0n) is 22.9. The van der Waals surface area contributed by atoms with Gasteiger partial charge in [-0.3, -0.25) is 14.4 Å². The largest absolute Gasteiger partial charge is 0.466 e. The van der Waals surface area contributed by atoms with Crippen LogP contribution in [-0.4, -0.2) is 54.7 Å². The molecule has 8 nitrogen and oxygen atoms in total. The number of carbonyl (C=O) groups is 3. The van der Waals surface area contributed by atoms with Gasteiger partial charge >= 0.3 is 5.97 Å². The minimum absolute atomic E-state index is 0.0827. The van der Waals surface area contributed by atoms with Gasteiger partial charge in [-0.25, -0.2) is 0 Å². The number of benzene rings is 1. The van der Waals surface area contributed by atoms with Crippen molar-refractivity contribution in [1.82, 2.24) is 5.32 Å². The molecule has 9 heteroatoms. The Morgan fingerprint density at radius 1 is 1.30 bits per heavy atom. The molecule has 0 radical (unpaired) electrons. The highest BCUT2D eigenvalue weighted by atomic mass is 79.9. The third kappa shape index (κ3) is 9.37. The number of esters is 1. The van der Waals surface area contributed by atoms with E-state index in [-0.39, 0.29) is 43.1 Å². The van der Waals surface area contributed by atoms with Crippen LogP contribution in [0.15, 0.2) is 22.7 Å². The minimum atomic E-state index is -0.859. The molecule has 0 aromatic heterocycles. The second kappa shape index (κ2) is 14.3. The van der Waals surface area contributed by atoms with E-state index in [0.29, 0.717) is 26.0 Å². The van der Waals surface area contributed by atoms with Crippen molar-refractivity contribution < 1.29 is 24.2 Å². The molecule has 1 aliphatic heterocycles. The maximum Gasteiger partial charge on any atom is 0.311 e. The van der Waals surface area contributed by atoms with Crippen molar-refractivity contribution in [2.24, 2.45) is 23.0 Å². The molecule has 0 saturated heterocycles. The van der Waals surface area contributed by atoms with Gasteiger partial charge in [0.05, 0.1) is 18.6 Å². The molecular weight excluding hydrogens is 538 g/mol. The van der Waals surface area contributed by atoms with Crippen LogP contribution >= 0.6 is 15.9 Å². The Hall–Kier alpha value is -1.97. The second-order valence-corrected chi connectivity index (χ2v) is 11.9. The summed E-state index contributed by atoms with van der Waals surface area (Å²) in [5.41, 5.74) is 7.56. The molecule has 37 heavy (non-hydrogen) atoms. The molecule has 0 fully saturated rings. The summed E-state index contributed by atoms with van der Waals surface area (Å²) < 4.78 is 6.13. The number of nitrogens with zero attached hydrogens (tertiary/aromatic N) is 1. The molecule has 2 amide bonds. The summed E-state index contributed by atoms with van der Waals surface area (Å²) in [5, 5.41) is 13.6. The molecule has 0 unspecified atom stereocenters. The quantitative estimate of drug-likeness (QED) is 0.239. The van der Waals surface area contributed by atoms with Gasteiger partial charge in [-0.1, -0.05) is 50.0 Å². The Balaban J connectivity index is 2.04. The molecule has 0 saturated carbocycles. The number of halogens is 1. The number of anilines is 1. The molecule has 4 N–H and O–H groups in total. The number of rotatable bonds is 13. The smallest absolute Gasteiger partial charge is 0.311 e. The van der Waals surface area contributed by atoms with E-state index < -0.39 is 23.5 Å². The Morgan fingerprint density at radius 2 is 2.00 bits per heavy atom. The number of carbonyl (C=O) groups excluding carboxylic acids is 3. The van der Waals surface area contributed by atoms with Gasteiger partial charge in [0.15, 0.2) is 0 Å². The summed E-state index contributed by atoms with van der Waals surface area (Å²) in [6.45, 7) is 10.7. The highest BCUT2D eigenvalue weighted by Crippen LogP contribution is 2.36. The van der Waals surface area contributed by atoms with Crippen molar-refractivity contribution in [2.75, 3.05) is 24.6 Å². The van der Waals surface area contributed by atoms with E-state index in [1.165, 1.54) is 0 Å². The second-order valence-electron chi connectivity index (χ2n) is 11.0. The third-order valence-electron chi connectivity index (χ3n) is 6.91. The van der Waals surface area contributed by atoms with E-state index in [4.69, 9.17) is 10.5 Å². The topological polar surface area (TPSA) is 122 Å². The van der Waals surface area contributed by atoms with Gasteiger partial charge in [0.25, 0.3) is 0 Å². The van der Waals surface area contributed by atoms with Crippen LogP contribution in [0, 0.1) is 17.3 Å². The maximum absolute atomic E-state index is 13.5. The van der Waals surface area contributed by atoms with E-state index >= 15 is 0 Å². The van der Waals surface area contributed by atoms with Crippen LogP contribution in [0.3, 0.4) is 0 Å². The van der Waals surface area contributed by atoms with Crippen LogP contribution in [0.4, 0.5) is 5.69 Å². The van der Waals surface area contributed by atoms with Crippen molar-refractivity contribution in [1.29, 1.82) is 0 Å². The zero-order chi connectivity index (χ0) is 27.8. The number of hydrogen-bond acceptors (Lipinski definition) is 6. The predicted molar refractivity (Wildman–Crippen MR) is 149 cm³/mol. The number of amides is 2. The summed E-state index contributed by atoms with van der Waals surface area (Å²) in [4.78, 5) is 40.0. The fourth-order valence-corrected chi connectivity index (χ4v) is 5.25. The fourth-order valence-electron chi connectivity index (χ4n) is 4.84. The van der Waals surface area contributed by atoms with E-state index in [0.717, 1.165) is 28.6 Å². The molecule has 0 bridgehead atoms. The normalized spacial score (nSPS) is 17.9. The van der Waals surface area contributed by atoms with Crippen LogP contribution in [0.25, 0.3) is 0 Å². The van der Waals surface area contributed by atoms with Crippen molar-refractivity contribution >= 4 is 39.4 Å². The van der Waals surface area contributed by atoms with Crippen molar-refractivity contribution in [3.05, 3.63) is 28.2 Å². The number of aliphatic hydroxyl groups is 1. The summed E-state index contributed by atoms with van der Waals surface area (Å²) in [6.07, 6.45) is 2.45. The Kier molecular flexibility index (Phi) is 12.0. The minimum Gasteiger partial charge on any atom is -0.466 e. The molecule has 208 valence electrons. The zero-order valence-corrected chi connectivity index (χ0v) is 24.5. The lowest BCUT2D eigenvalue weighted by Crippen LogP contribution is -2.46. The van der Waals surface area contributed by atoms with Crippen molar-refractivity contribution in [2.45, 2.75) is 85.3 Å². The van der Waals surface area contributed by atoms with Gasteiger partial charge in [0, 0.05) is 41.6 Å². The summed E-state index contributed by atoms with van der Waals surface area (Å²) >= 11 is 3.48. The first kappa shape index (κ1) is 31.2. The first-order valence-electron chi connectivity index (χ1n) is 13.3. The van der Waals surface area contributed by atoms with Gasteiger partial charge in [-0.05, 0) is 61.8 Å². The maximum atomic E-state index is 13.5. The van der Waals surface area contributed by atoms with Gasteiger partial charge in [-0.2, -0.15) is 0 Å². The predicted octanol–water partition coefficient (Wildman–Crippen LogP) is 3.95. The molecule has 1 aliphatic rings. The third-order valence-corrected chi connectivity index (χ3v) is 7.40. The summed E-state index contributed by atoms with van der Waals surface area (Å²) in [7, 11) is 0. The van der Waals surface area contributed by atoms with E-state index in [2.05, 4.69) is 28.2 Å². The van der Waals surface area contributed by atoms with Crippen LogP contribution in [0.5, 0.6) is 0 Å². The molecule has 1 aromatic carbocycles. The van der Waals surface area contributed by atoms with Crippen molar-refractivity contribution in [3.63, 3.8) is 0 Å². The summed E-state index contributed by atoms with van der Waals surface area (Å²) in [6, 6.07) is 5.15. The highest BCUT2D eigenvalue weighted by Gasteiger charge is 2.36. The Morgan fingerprint density at radius 3 is 2.65 bits per heavy atom. The number of aliphatic hydroxyl groups excluding tert-OH is 1. The first-order valence-corrected chi connectivity index (χ1v) is 14.1. The lowest BCUT2D eigenvalue weighted by molar-refractivity contribution is -0.147. The van der Waals surface area contributed by atoms with Crippen LogP contribution in [-0.2, 0) is 25.5 Å². The molecule has 1 aromatic rings. The number of nitrogens with one attached hydrogen (secondary N) is 1. The standard InChI is InChI=1S/C28H44BrN3O5/c1-6-8-11-31-26(35)18(3)12-24(33)22(30)15-28(4,5)16-25(34)32-17-20(27(36)37-7-2)13-19-14-21(29)9-10-23(19)32/h9-10,14,18,20,22,24,33H,6-8,11-13,15-17,30H2,1-5H3,(H,31,35)/t18-,20-,22+,24+/m1/s1. The average Bonchev–Trinajstić information content (AvgIpc) is 2.82. The average molecular weight is 583 g/mol.